The molecule has 0 saturated carbocycles. The fraction of sp³-hybridized carbons (Fsp3) is 1.00. The molecule has 0 aromatic rings. The molecule has 10 heavy (non-hydrogen) atoms. The fourth-order valence-electron chi connectivity index (χ4n) is 0.575. The Balaban J connectivity index is 2.65. The zero-order valence-electron chi connectivity index (χ0n) is 6.53. The molecule has 0 aliphatic rings. The summed E-state index contributed by atoms with van der Waals surface area (Å²) in [6.45, 7) is 2.68. The van der Waals surface area contributed by atoms with Crippen molar-refractivity contribution in [2.75, 3.05) is 32.1 Å². The summed E-state index contributed by atoms with van der Waals surface area (Å²) in [5, 5.41) is 4.11. The molecule has 62 valence electrons. The maximum absolute atomic E-state index is 5.29. The Morgan fingerprint density at radius 2 is 2.10 bits per heavy atom. The molecule has 0 aliphatic carbocycles. The van der Waals surface area contributed by atoms with Crippen molar-refractivity contribution in [3.8, 4) is 0 Å². The second-order valence-electron chi connectivity index (χ2n) is 2.11. The van der Waals surface area contributed by atoms with E-state index in [1.54, 1.807) is 0 Å². The third-order valence-corrected chi connectivity index (χ3v) is 1.73. The van der Waals surface area contributed by atoms with Gasteiger partial charge in [-0.1, -0.05) is 15.9 Å². The number of likely N-dealkylation sites (N-methyl/N-ethyl adjacent to an activating group) is 1. The van der Waals surface area contributed by atoms with E-state index in [9.17, 15) is 0 Å². The van der Waals surface area contributed by atoms with Crippen LogP contribution in [0.3, 0.4) is 0 Å². The molecule has 3 heteroatoms. The zero-order chi connectivity index (χ0) is 7.66. The number of hydrogen-bond acceptors (Lipinski definition) is 2. The van der Waals surface area contributed by atoms with Crippen molar-refractivity contribution in [2.45, 2.75) is 12.8 Å². The van der Waals surface area contributed by atoms with Gasteiger partial charge in [0.05, 0.1) is 6.61 Å². The third-order valence-electron chi connectivity index (χ3n) is 1.17. The van der Waals surface area contributed by atoms with E-state index in [4.69, 9.17) is 4.74 Å². The van der Waals surface area contributed by atoms with E-state index >= 15 is 0 Å². The summed E-state index contributed by atoms with van der Waals surface area (Å²) < 4.78 is 5.29. The second kappa shape index (κ2) is 9.40. The van der Waals surface area contributed by atoms with Crippen molar-refractivity contribution >= 4 is 15.9 Å². The number of halogens is 1. The Morgan fingerprint density at radius 1 is 1.30 bits per heavy atom. The molecule has 0 fully saturated rings. The highest BCUT2D eigenvalue weighted by atomic mass is 79.9. The molecule has 0 aliphatic heterocycles. The molecule has 0 bridgehead atoms. The predicted molar refractivity (Wildman–Crippen MR) is 47.8 cm³/mol. The van der Waals surface area contributed by atoms with Gasteiger partial charge >= 0.3 is 0 Å². The first kappa shape index (κ1) is 10.4. The Bertz CT molecular complexity index is 53.6. The smallest absolute Gasteiger partial charge is 0.0590 e. The molecule has 0 saturated heterocycles. The molecule has 0 atom stereocenters. The van der Waals surface area contributed by atoms with Crippen LogP contribution in [0.15, 0.2) is 0 Å². The number of alkyl halides is 1. The van der Waals surface area contributed by atoms with Crippen LogP contribution in [-0.2, 0) is 4.74 Å². The summed E-state index contributed by atoms with van der Waals surface area (Å²) in [5.41, 5.74) is 0. The van der Waals surface area contributed by atoms with Crippen LogP contribution >= 0.6 is 15.9 Å². The minimum absolute atomic E-state index is 0.832. The van der Waals surface area contributed by atoms with E-state index in [-0.39, 0.29) is 0 Å². The van der Waals surface area contributed by atoms with Gasteiger partial charge in [0.25, 0.3) is 0 Å². The van der Waals surface area contributed by atoms with E-state index in [2.05, 4.69) is 21.2 Å². The topological polar surface area (TPSA) is 21.3 Å². The van der Waals surface area contributed by atoms with Crippen molar-refractivity contribution in [1.82, 2.24) is 5.32 Å². The third kappa shape index (κ3) is 8.40. The predicted octanol–water partition coefficient (Wildman–Crippen LogP) is 1.40. The van der Waals surface area contributed by atoms with Crippen LogP contribution < -0.4 is 5.32 Å². The lowest BCUT2D eigenvalue weighted by Gasteiger charge is -2.01. The number of unbranched alkanes of at least 4 members (excludes halogenated alkanes) is 1. The van der Waals surface area contributed by atoms with Gasteiger partial charge in [0.15, 0.2) is 0 Å². The Morgan fingerprint density at radius 3 is 2.70 bits per heavy atom. The summed E-state index contributed by atoms with van der Waals surface area (Å²) in [6.07, 6.45) is 2.37. The Kier molecular flexibility index (Phi) is 9.78. The highest BCUT2D eigenvalue weighted by molar-refractivity contribution is 9.09. The van der Waals surface area contributed by atoms with Gasteiger partial charge in [-0.2, -0.15) is 0 Å². The Hall–Kier alpha value is 0.400. The van der Waals surface area contributed by atoms with Crippen LogP contribution in [0.5, 0.6) is 0 Å². The summed E-state index contributed by atoms with van der Waals surface area (Å²) in [6, 6.07) is 0. The molecule has 0 spiro atoms. The van der Waals surface area contributed by atoms with Gasteiger partial charge in [-0.05, 0) is 19.9 Å². The maximum atomic E-state index is 5.29. The molecule has 1 N–H and O–H groups in total. The molecule has 0 heterocycles. The second-order valence-corrected chi connectivity index (χ2v) is 2.91. The highest BCUT2D eigenvalue weighted by Crippen LogP contribution is 1.93. The van der Waals surface area contributed by atoms with Crippen molar-refractivity contribution < 1.29 is 4.74 Å². The monoisotopic (exact) mass is 209 g/mol. The first-order valence-electron chi connectivity index (χ1n) is 3.70. The Labute approximate surface area is 71.5 Å². The molecule has 0 rings (SSSR count). The van der Waals surface area contributed by atoms with Gasteiger partial charge in [0.1, 0.15) is 0 Å². The molecular formula is C7H16BrNO. The average molecular weight is 210 g/mol. The van der Waals surface area contributed by atoms with Gasteiger partial charge in [-0.25, -0.2) is 0 Å². The largest absolute Gasteiger partial charge is 0.380 e. The van der Waals surface area contributed by atoms with Crippen LogP contribution in [-0.4, -0.2) is 32.1 Å². The molecule has 0 aromatic carbocycles. The van der Waals surface area contributed by atoms with Crippen LogP contribution in [0.1, 0.15) is 12.8 Å². The van der Waals surface area contributed by atoms with Crippen molar-refractivity contribution in [1.29, 1.82) is 0 Å². The summed E-state index contributed by atoms with van der Waals surface area (Å²) in [7, 11) is 1.93. The van der Waals surface area contributed by atoms with E-state index in [0.29, 0.717) is 0 Å². The van der Waals surface area contributed by atoms with Crippen LogP contribution in [0, 0.1) is 0 Å². The van der Waals surface area contributed by atoms with Gasteiger partial charge in [-0.15, -0.1) is 0 Å². The SMILES string of the molecule is CNCCOCCCCBr. The maximum Gasteiger partial charge on any atom is 0.0590 e. The average Bonchev–Trinajstić information content (AvgIpc) is 1.97. The van der Waals surface area contributed by atoms with Gasteiger partial charge in [-0.3, -0.25) is 0 Å². The lowest BCUT2D eigenvalue weighted by molar-refractivity contribution is 0.134. The molecule has 0 unspecified atom stereocenters. The first-order valence-corrected chi connectivity index (χ1v) is 4.82. The number of nitrogens with one attached hydrogen (secondary N) is 1. The lowest BCUT2D eigenvalue weighted by Crippen LogP contribution is -2.14. The first-order chi connectivity index (χ1) is 4.91. The zero-order valence-corrected chi connectivity index (χ0v) is 8.11. The van der Waals surface area contributed by atoms with Gasteiger partial charge in [0.2, 0.25) is 0 Å². The number of ether oxygens (including phenoxy) is 1. The van der Waals surface area contributed by atoms with E-state index in [1.807, 2.05) is 7.05 Å². The fourth-order valence-corrected chi connectivity index (χ4v) is 0.971. The van der Waals surface area contributed by atoms with Crippen molar-refractivity contribution in [3.05, 3.63) is 0 Å². The summed E-state index contributed by atoms with van der Waals surface area (Å²) in [4.78, 5) is 0. The minimum Gasteiger partial charge on any atom is -0.380 e. The minimum atomic E-state index is 0.832. The molecular weight excluding hydrogens is 194 g/mol. The quantitative estimate of drug-likeness (QED) is 0.506. The normalized spacial score (nSPS) is 10.2. The lowest BCUT2D eigenvalue weighted by atomic mass is 10.4. The molecule has 0 aromatic heterocycles. The standard InChI is InChI=1S/C7H16BrNO/c1-9-5-7-10-6-3-2-4-8/h9H,2-7H2,1H3. The van der Waals surface area contributed by atoms with Crippen LogP contribution in [0.25, 0.3) is 0 Å². The number of rotatable bonds is 7. The molecule has 0 amide bonds. The van der Waals surface area contributed by atoms with E-state index in [0.717, 1.165) is 31.5 Å². The molecule has 0 radical (unpaired) electrons. The van der Waals surface area contributed by atoms with E-state index < -0.39 is 0 Å². The van der Waals surface area contributed by atoms with E-state index in [1.165, 1.54) is 6.42 Å². The highest BCUT2D eigenvalue weighted by Gasteiger charge is 1.86. The van der Waals surface area contributed by atoms with Gasteiger partial charge in [0, 0.05) is 18.5 Å². The summed E-state index contributed by atoms with van der Waals surface area (Å²) >= 11 is 3.36. The van der Waals surface area contributed by atoms with Gasteiger partial charge < -0.3 is 10.1 Å². The number of hydrogen-bond donors (Lipinski definition) is 1. The van der Waals surface area contributed by atoms with Crippen molar-refractivity contribution in [2.24, 2.45) is 0 Å². The van der Waals surface area contributed by atoms with Crippen LogP contribution in [0.2, 0.25) is 0 Å². The molecule has 2 nitrogen and oxygen atoms in total. The van der Waals surface area contributed by atoms with Crippen molar-refractivity contribution in [3.63, 3.8) is 0 Å². The van der Waals surface area contributed by atoms with Crippen LogP contribution in [0.4, 0.5) is 0 Å². The summed E-state index contributed by atoms with van der Waals surface area (Å²) in [5.74, 6) is 0.